The standard InChI is InChI=1S/C24H24N2O4S.C22H22N2O5.C12H12ClNS.CH2O3.2Cs.H/c1-15-3-5-18(6-4-15)24-25-16(2)22(31-24)14-29-19-9-7-17(8-10-19)20(13-23(27)28)21-11-12-30-26-21;25-18-8-6-16(7-9-18)19(20-10-11-29-23-20)13-21(26)24-17(14-28-22(24)27)12-15-4-2-1-3-5-15;1-8-3-5-10(6-4-8)12-14-9(2)11(7-13)15-12;2-1-4-3;;;/h3-10,20H,11-14H2,1-2H3,(H,27,28);1-9,17,19,25H,10-14H2;3-6H,7H2,1-2H3;1,3H;;;/q;;;;2*+1;-1/p-1/t20-;17-,19-;;;;;/m00...../s1. The number of carboxylic acid groups (broad SMARTS) is 1. The number of aromatic hydroxyl groups is 1. The van der Waals surface area contributed by atoms with Crippen molar-refractivity contribution in [1.29, 1.82) is 0 Å². The van der Waals surface area contributed by atoms with Crippen molar-refractivity contribution >= 4 is 70.1 Å². The summed E-state index contributed by atoms with van der Waals surface area (Å²) in [7, 11) is 0. The predicted octanol–water partition coefficient (Wildman–Crippen LogP) is 5.29. The van der Waals surface area contributed by atoms with Crippen LogP contribution in [0.1, 0.15) is 87.9 Å². The third kappa shape index (κ3) is 20.4. The number of oxime groups is 2. The first kappa shape index (κ1) is 67.9. The van der Waals surface area contributed by atoms with Crippen LogP contribution < -0.4 is 148 Å². The number of rotatable bonds is 17. The van der Waals surface area contributed by atoms with Crippen LogP contribution in [-0.4, -0.2) is 86.8 Å². The molecule has 3 aliphatic heterocycles. The average molecular weight is 1400 g/mol. The van der Waals surface area contributed by atoms with Crippen LogP contribution in [0.2, 0.25) is 0 Å². The van der Waals surface area contributed by atoms with E-state index in [0.29, 0.717) is 45.0 Å². The van der Waals surface area contributed by atoms with Gasteiger partial charge in [-0.15, -0.1) is 34.3 Å². The third-order valence-corrected chi connectivity index (χ3v) is 15.7. The van der Waals surface area contributed by atoms with Gasteiger partial charge in [0.1, 0.15) is 47.9 Å². The number of alkyl halides is 1. The van der Waals surface area contributed by atoms with Gasteiger partial charge in [-0.1, -0.05) is 125 Å². The SMILES string of the molecule is Cc1ccc(-c2nc(C)c(CCl)s2)cc1.Cc1ccc(-c2nc(C)c(COc3ccc([C@H](CC(=O)O)C4=NOCC4)cc3)s2)cc1.O=C(C[C@H](C1=NOCC1)c1ccc(O)cc1)N1C(=O)OC[C@@H]1Cc1ccccc1.O=CO[O-].[Cs+].[Cs+].[H-]. The van der Waals surface area contributed by atoms with Gasteiger partial charge in [0, 0.05) is 47.1 Å². The van der Waals surface area contributed by atoms with E-state index in [4.69, 9.17) is 40.8 Å². The molecule has 1 fully saturated rings. The molecule has 3 atom stereocenters. The van der Waals surface area contributed by atoms with Crippen molar-refractivity contribution in [3.8, 4) is 32.6 Å². The predicted molar refractivity (Wildman–Crippen MR) is 301 cm³/mol. The van der Waals surface area contributed by atoms with Crippen LogP contribution in [0.5, 0.6) is 11.5 Å². The molecule has 2 N–H and O–H groups in total. The van der Waals surface area contributed by atoms with Gasteiger partial charge in [-0.05, 0) is 75.1 Å². The quantitative estimate of drug-likeness (QED) is 0.0511. The molecule has 3 aliphatic rings. The maximum atomic E-state index is 13.1. The second-order valence-corrected chi connectivity index (χ2v) is 20.9. The number of imide groups is 1. The Bertz CT molecular complexity index is 3210. The normalized spacial score (nSPS) is 14.6. The van der Waals surface area contributed by atoms with E-state index in [1.165, 1.54) is 21.6 Å². The number of carbonyl (C=O) groups is 4. The molecule has 0 saturated carbocycles. The third-order valence-electron chi connectivity index (χ3n) is 12.9. The minimum Gasteiger partial charge on any atom is -1.00 e. The van der Waals surface area contributed by atoms with Crippen molar-refractivity contribution in [3.63, 3.8) is 0 Å². The number of hydrogen-bond acceptors (Lipinski definition) is 17. The number of phenolic OH excluding ortho intramolecular Hbond substituents is 1. The van der Waals surface area contributed by atoms with Crippen LogP contribution in [0.15, 0.2) is 138 Å². The summed E-state index contributed by atoms with van der Waals surface area (Å²) in [4.78, 5) is 70.9. The molecule has 0 spiro atoms. The molecule has 5 aromatic carbocycles. The van der Waals surface area contributed by atoms with Gasteiger partial charge in [0.2, 0.25) is 5.91 Å². The first-order valence-electron chi connectivity index (χ1n) is 25.2. The summed E-state index contributed by atoms with van der Waals surface area (Å²) >= 11 is 9.14. The number of amides is 2. The second-order valence-electron chi connectivity index (χ2n) is 18.5. The summed E-state index contributed by atoms with van der Waals surface area (Å²) in [5.74, 6) is -0.339. The Kier molecular flexibility index (Phi) is 29.2. The number of ether oxygens (including phenoxy) is 2. The van der Waals surface area contributed by atoms with Gasteiger partial charge in [-0.2, -0.15) is 0 Å². The number of nitrogens with zero attached hydrogens (tertiary/aromatic N) is 5. The van der Waals surface area contributed by atoms with E-state index < -0.39 is 12.1 Å². The second kappa shape index (κ2) is 34.8. The molecular weight excluding hydrogens is 1340 g/mol. The molecule has 0 bridgehead atoms. The number of benzene rings is 5. The number of aromatic nitrogens is 2. The molecule has 0 unspecified atom stereocenters. The van der Waals surface area contributed by atoms with Crippen molar-refractivity contribution in [2.24, 2.45) is 10.3 Å². The summed E-state index contributed by atoms with van der Waals surface area (Å²) < 4.78 is 11.2. The van der Waals surface area contributed by atoms with Crippen LogP contribution in [0.25, 0.3) is 21.1 Å². The van der Waals surface area contributed by atoms with Gasteiger partial charge in [-0.3, -0.25) is 14.4 Å². The molecule has 0 radical (unpaired) electrons. The first-order chi connectivity index (χ1) is 38.2. The van der Waals surface area contributed by atoms with Crippen molar-refractivity contribution in [1.82, 2.24) is 14.9 Å². The van der Waals surface area contributed by atoms with Gasteiger partial charge in [0.15, 0.2) is 0 Å². The topological polar surface area (TPSA) is 232 Å². The molecular formula is C59H60ClCs2N5O12S2. The molecule has 10 rings (SSSR count). The van der Waals surface area contributed by atoms with E-state index in [2.05, 4.69) is 87.5 Å². The Balaban J connectivity index is 0.000000263. The molecule has 2 amide bonds. The number of carboxylic acids is 1. The summed E-state index contributed by atoms with van der Waals surface area (Å²) in [6.07, 6.45) is 1.29. The van der Waals surface area contributed by atoms with Gasteiger partial charge in [0.25, 0.3) is 6.47 Å². The first-order valence-corrected chi connectivity index (χ1v) is 27.4. The van der Waals surface area contributed by atoms with E-state index in [9.17, 15) is 24.6 Å². The van der Waals surface area contributed by atoms with Crippen molar-refractivity contribution < 1.29 is 198 Å². The van der Waals surface area contributed by atoms with Crippen LogP contribution in [0.4, 0.5) is 4.79 Å². The van der Waals surface area contributed by atoms with E-state index >= 15 is 0 Å². The summed E-state index contributed by atoms with van der Waals surface area (Å²) in [6, 6.07) is 40.4. The Morgan fingerprint density at radius 2 is 1.25 bits per heavy atom. The Morgan fingerprint density at radius 1 is 0.753 bits per heavy atom. The largest absolute Gasteiger partial charge is 1.00 e. The van der Waals surface area contributed by atoms with Crippen LogP contribution in [0, 0.1) is 27.7 Å². The van der Waals surface area contributed by atoms with Crippen molar-refractivity contribution in [3.05, 3.63) is 176 Å². The molecule has 17 nitrogen and oxygen atoms in total. The van der Waals surface area contributed by atoms with Crippen LogP contribution in [0.3, 0.4) is 0 Å². The Labute approximate surface area is 602 Å². The molecule has 5 heterocycles. The minimum atomic E-state index is -0.857. The number of carbonyl (C=O) groups excluding carboxylic acids is 3. The maximum Gasteiger partial charge on any atom is 1.00 e. The Hall–Kier alpha value is -3.87. The van der Waals surface area contributed by atoms with Gasteiger partial charge >= 0.3 is 150 Å². The van der Waals surface area contributed by atoms with Crippen molar-refractivity contribution in [2.75, 3.05) is 19.8 Å². The van der Waals surface area contributed by atoms with Gasteiger partial charge in [-0.25, -0.2) is 19.7 Å². The van der Waals surface area contributed by atoms with E-state index in [-0.39, 0.29) is 195 Å². The van der Waals surface area contributed by atoms with Crippen LogP contribution in [-0.2, 0) is 52.6 Å². The number of halogens is 1. The maximum absolute atomic E-state index is 13.1. The Morgan fingerprint density at radius 3 is 1.72 bits per heavy atom. The smallest absolute Gasteiger partial charge is 1.00 e. The van der Waals surface area contributed by atoms with Gasteiger partial charge < -0.3 is 40.9 Å². The zero-order valence-corrected chi connectivity index (χ0v) is 60.9. The zero-order valence-electron chi connectivity index (χ0n) is 46.9. The minimum absolute atomic E-state index is 0. The number of cyclic esters (lactones) is 1. The summed E-state index contributed by atoms with van der Waals surface area (Å²) in [5.41, 5.74) is 11.1. The molecule has 7 aromatic rings. The molecule has 81 heavy (non-hydrogen) atoms. The van der Waals surface area contributed by atoms with E-state index in [0.717, 1.165) is 70.6 Å². The van der Waals surface area contributed by atoms with Gasteiger partial charge in [0.05, 0.1) is 46.0 Å². The number of aliphatic carboxylic acids is 1. The number of phenols is 1. The number of thiazole rings is 2. The van der Waals surface area contributed by atoms with E-state index in [1.807, 2.05) is 68.4 Å². The average Bonchev–Trinajstić information content (AvgIpc) is 4.41. The monoisotopic (exact) mass is 1400 g/mol. The van der Waals surface area contributed by atoms with Crippen LogP contribution >= 0.6 is 34.3 Å². The molecule has 22 heteroatoms. The summed E-state index contributed by atoms with van der Waals surface area (Å²) in [5, 5.41) is 37.4. The summed E-state index contributed by atoms with van der Waals surface area (Å²) in [6.45, 7) is 9.58. The zero-order chi connectivity index (χ0) is 56.3. The number of aryl methyl sites for hydroxylation is 4. The molecule has 1 saturated heterocycles. The molecule has 414 valence electrons. The fourth-order valence-electron chi connectivity index (χ4n) is 8.64. The fraction of sp³-hybridized carbons (Fsp3) is 0.288. The molecule has 0 aliphatic carbocycles. The van der Waals surface area contributed by atoms with E-state index in [1.54, 1.807) is 46.9 Å². The number of hydrogen-bond donors (Lipinski definition) is 2. The fourth-order valence-corrected chi connectivity index (χ4v) is 10.9. The van der Waals surface area contributed by atoms with Crippen molar-refractivity contribution in [2.45, 2.75) is 90.2 Å². The molecule has 2 aromatic heterocycles.